The minimum Gasteiger partial charge on any atom is -0.481 e. The van der Waals surface area contributed by atoms with Gasteiger partial charge < -0.3 is 20.5 Å². The number of anilines is 1. The number of carboxylic acids is 1. The molecule has 1 aliphatic rings. The van der Waals surface area contributed by atoms with Crippen LogP contribution in [0.15, 0.2) is 24.3 Å². The van der Waals surface area contributed by atoms with E-state index < -0.39 is 11.9 Å². The molecule has 0 bridgehead atoms. The van der Waals surface area contributed by atoms with Crippen molar-refractivity contribution in [3.8, 4) is 0 Å². The van der Waals surface area contributed by atoms with Crippen LogP contribution in [-0.4, -0.2) is 54.2 Å². The zero-order valence-electron chi connectivity index (χ0n) is 15.4. The Hall–Kier alpha value is -2.06. The van der Waals surface area contributed by atoms with Crippen LogP contribution < -0.4 is 10.6 Å². The number of thioether (sulfide) groups is 1. The van der Waals surface area contributed by atoms with Crippen molar-refractivity contribution in [3.05, 3.63) is 29.8 Å². The van der Waals surface area contributed by atoms with Crippen molar-refractivity contribution in [3.63, 3.8) is 0 Å². The first-order valence-corrected chi connectivity index (χ1v) is 10.1. The van der Waals surface area contributed by atoms with Gasteiger partial charge in [0.15, 0.2) is 0 Å². The topological polar surface area (TPSA) is 105 Å². The molecule has 1 saturated heterocycles. The van der Waals surface area contributed by atoms with Crippen LogP contribution in [0.25, 0.3) is 0 Å². The average Bonchev–Trinajstić information content (AvgIpc) is 2.64. The highest BCUT2D eigenvalue weighted by atomic mass is 32.2. The van der Waals surface area contributed by atoms with Gasteiger partial charge in [0.2, 0.25) is 11.8 Å². The van der Waals surface area contributed by atoms with Crippen molar-refractivity contribution >= 4 is 35.2 Å². The average molecular weight is 394 g/mol. The summed E-state index contributed by atoms with van der Waals surface area (Å²) in [6.45, 7) is 3.20. The Morgan fingerprint density at radius 1 is 1.15 bits per heavy atom. The summed E-state index contributed by atoms with van der Waals surface area (Å²) in [5.74, 6) is -1.65. The van der Waals surface area contributed by atoms with E-state index in [9.17, 15) is 19.5 Å². The van der Waals surface area contributed by atoms with Crippen LogP contribution in [0, 0.1) is 18.8 Å². The van der Waals surface area contributed by atoms with E-state index in [1.165, 1.54) is 11.8 Å². The van der Waals surface area contributed by atoms with Gasteiger partial charge in [-0.25, -0.2) is 0 Å². The number of hydrogen-bond acceptors (Lipinski definition) is 5. The summed E-state index contributed by atoms with van der Waals surface area (Å²) in [7, 11) is 0. The first-order chi connectivity index (χ1) is 13.0. The second kappa shape index (κ2) is 10.9. The van der Waals surface area contributed by atoms with Crippen LogP contribution in [0.1, 0.15) is 18.4 Å². The van der Waals surface area contributed by atoms with Gasteiger partial charge in [-0.1, -0.05) is 17.7 Å². The fraction of sp³-hybridized carbons (Fsp3) is 0.526. The summed E-state index contributed by atoms with van der Waals surface area (Å²) in [6.07, 6.45) is 1.39. The number of carbonyl (C=O) groups excluding carboxylic acids is 2. The van der Waals surface area contributed by atoms with Gasteiger partial charge in [-0.05, 0) is 37.8 Å². The van der Waals surface area contributed by atoms with E-state index in [0.29, 0.717) is 26.1 Å². The molecule has 2 amide bonds. The Kier molecular flexibility index (Phi) is 8.60. The third-order valence-corrected chi connectivity index (χ3v) is 5.41. The normalized spacial score (nSPS) is 15.7. The van der Waals surface area contributed by atoms with Gasteiger partial charge in [-0.2, -0.15) is 0 Å². The van der Waals surface area contributed by atoms with Crippen LogP contribution in [0.3, 0.4) is 0 Å². The lowest BCUT2D eigenvalue weighted by atomic mass is 9.86. The van der Waals surface area contributed by atoms with E-state index >= 15 is 0 Å². The maximum Gasteiger partial charge on any atom is 0.308 e. The maximum atomic E-state index is 11.9. The molecule has 2 rings (SSSR count). The molecule has 148 valence electrons. The molecule has 1 unspecified atom stereocenters. The van der Waals surface area contributed by atoms with Gasteiger partial charge in [-0.3, -0.25) is 14.4 Å². The van der Waals surface area contributed by atoms with E-state index in [0.717, 1.165) is 11.3 Å². The van der Waals surface area contributed by atoms with Crippen molar-refractivity contribution in [2.45, 2.75) is 19.8 Å². The molecule has 8 heteroatoms. The SMILES string of the molecule is Cc1ccc(NC(=O)CSCC(=O)NCC(C(=O)O)C2CCOCC2)cc1. The molecule has 7 nitrogen and oxygen atoms in total. The molecule has 1 aliphatic heterocycles. The fourth-order valence-corrected chi connectivity index (χ4v) is 3.57. The lowest BCUT2D eigenvalue weighted by molar-refractivity contribution is -0.144. The summed E-state index contributed by atoms with van der Waals surface area (Å²) in [6, 6.07) is 7.47. The molecule has 1 fully saturated rings. The molecule has 0 aliphatic carbocycles. The molecule has 1 heterocycles. The van der Waals surface area contributed by atoms with E-state index in [4.69, 9.17) is 4.74 Å². The summed E-state index contributed by atoms with van der Waals surface area (Å²) < 4.78 is 5.26. The number of rotatable bonds is 9. The molecule has 0 spiro atoms. The molecule has 1 atom stereocenters. The van der Waals surface area contributed by atoms with Crippen LogP contribution in [-0.2, 0) is 19.1 Å². The van der Waals surface area contributed by atoms with E-state index in [1.54, 1.807) is 0 Å². The highest BCUT2D eigenvalue weighted by Crippen LogP contribution is 2.23. The van der Waals surface area contributed by atoms with Gasteiger partial charge in [0.1, 0.15) is 0 Å². The number of carbonyl (C=O) groups is 3. The minimum absolute atomic E-state index is 0.0180. The summed E-state index contributed by atoms with van der Waals surface area (Å²) in [5.41, 5.74) is 1.83. The molecular formula is C19H26N2O5S. The number of hydrogen-bond donors (Lipinski definition) is 3. The molecule has 1 aromatic rings. The van der Waals surface area contributed by atoms with Crippen LogP contribution in [0.4, 0.5) is 5.69 Å². The van der Waals surface area contributed by atoms with Crippen molar-refractivity contribution in [1.29, 1.82) is 0 Å². The molecule has 0 radical (unpaired) electrons. The second-order valence-electron chi connectivity index (χ2n) is 6.61. The standard InChI is InChI=1S/C19H26N2O5S/c1-13-2-4-15(5-3-13)21-18(23)12-27-11-17(22)20-10-16(19(24)25)14-6-8-26-9-7-14/h2-5,14,16H,6-12H2,1H3,(H,20,22)(H,21,23)(H,24,25). The largest absolute Gasteiger partial charge is 0.481 e. The number of carboxylic acid groups (broad SMARTS) is 1. The lowest BCUT2D eigenvalue weighted by Crippen LogP contribution is -2.39. The number of nitrogens with one attached hydrogen (secondary N) is 2. The predicted octanol–water partition coefficient (Wildman–Crippen LogP) is 1.91. The summed E-state index contributed by atoms with van der Waals surface area (Å²) in [5, 5.41) is 14.8. The van der Waals surface area contributed by atoms with Crippen molar-refractivity contribution < 1.29 is 24.2 Å². The van der Waals surface area contributed by atoms with Gasteiger partial charge in [0.05, 0.1) is 17.4 Å². The van der Waals surface area contributed by atoms with Crippen molar-refractivity contribution in [2.75, 3.05) is 36.6 Å². The Morgan fingerprint density at radius 3 is 2.41 bits per heavy atom. The number of benzene rings is 1. The lowest BCUT2D eigenvalue weighted by Gasteiger charge is -2.27. The Morgan fingerprint density at radius 2 is 1.78 bits per heavy atom. The predicted molar refractivity (Wildman–Crippen MR) is 105 cm³/mol. The number of ether oxygens (including phenoxy) is 1. The Balaban J connectivity index is 1.66. The number of amides is 2. The van der Waals surface area contributed by atoms with Crippen LogP contribution >= 0.6 is 11.8 Å². The third kappa shape index (κ3) is 7.60. The molecule has 1 aromatic carbocycles. The van der Waals surface area contributed by atoms with Crippen molar-refractivity contribution in [1.82, 2.24) is 5.32 Å². The van der Waals surface area contributed by atoms with Crippen molar-refractivity contribution in [2.24, 2.45) is 11.8 Å². The van der Waals surface area contributed by atoms with Crippen LogP contribution in [0.5, 0.6) is 0 Å². The molecule has 0 saturated carbocycles. The molecule has 3 N–H and O–H groups in total. The molecular weight excluding hydrogens is 368 g/mol. The van der Waals surface area contributed by atoms with E-state index in [-0.39, 0.29) is 35.8 Å². The first kappa shape index (κ1) is 21.2. The smallest absolute Gasteiger partial charge is 0.308 e. The fourth-order valence-electron chi connectivity index (χ4n) is 2.92. The van der Waals surface area contributed by atoms with Gasteiger partial charge in [-0.15, -0.1) is 11.8 Å². The first-order valence-electron chi connectivity index (χ1n) is 8.97. The van der Waals surface area contributed by atoms with E-state index in [1.807, 2.05) is 31.2 Å². The summed E-state index contributed by atoms with van der Waals surface area (Å²) >= 11 is 1.20. The van der Waals surface area contributed by atoms with Gasteiger partial charge in [0.25, 0.3) is 0 Å². The summed E-state index contributed by atoms with van der Waals surface area (Å²) in [4.78, 5) is 35.3. The zero-order chi connectivity index (χ0) is 19.6. The maximum absolute atomic E-state index is 11.9. The molecule has 0 aromatic heterocycles. The minimum atomic E-state index is -0.896. The van der Waals surface area contributed by atoms with Gasteiger partial charge >= 0.3 is 5.97 Å². The number of aryl methyl sites for hydroxylation is 1. The monoisotopic (exact) mass is 394 g/mol. The van der Waals surface area contributed by atoms with Gasteiger partial charge in [0, 0.05) is 25.4 Å². The highest BCUT2D eigenvalue weighted by Gasteiger charge is 2.29. The zero-order valence-corrected chi connectivity index (χ0v) is 16.2. The second-order valence-corrected chi connectivity index (χ2v) is 7.59. The Bertz CT molecular complexity index is 644. The highest BCUT2D eigenvalue weighted by molar-refractivity contribution is 8.00. The Labute approximate surface area is 163 Å². The third-order valence-electron chi connectivity index (χ3n) is 4.47. The molecule has 27 heavy (non-hydrogen) atoms. The van der Waals surface area contributed by atoms with Crippen LogP contribution in [0.2, 0.25) is 0 Å². The number of aliphatic carboxylic acids is 1. The quantitative estimate of drug-likeness (QED) is 0.591. The van der Waals surface area contributed by atoms with E-state index in [2.05, 4.69) is 10.6 Å².